The topological polar surface area (TPSA) is 73.9 Å². The number of esters is 1. The van der Waals surface area contributed by atoms with Gasteiger partial charge in [-0.05, 0) is 54.8 Å². The van der Waals surface area contributed by atoms with E-state index in [9.17, 15) is 9.59 Å². The number of hydrogen-bond donors (Lipinski definition) is 1. The summed E-state index contributed by atoms with van der Waals surface area (Å²) in [5.41, 5.74) is 4.01. The molecule has 5 rings (SSSR count). The van der Waals surface area contributed by atoms with Crippen molar-refractivity contribution in [3.05, 3.63) is 119 Å². The van der Waals surface area contributed by atoms with Crippen LogP contribution in [0.2, 0.25) is 0 Å². The Hall–Kier alpha value is -4.58. The van der Waals surface area contributed by atoms with E-state index >= 15 is 0 Å². The van der Waals surface area contributed by atoms with Crippen molar-refractivity contribution >= 4 is 22.6 Å². The Kier molecular flexibility index (Phi) is 7.13. The normalized spacial score (nSPS) is 14.4. The smallest absolute Gasteiger partial charge is 0.340 e. The van der Waals surface area contributed by atoms with Crippen molar-refractivity contribution in [3.63, 3.8) is 0 Å². The van der Waals surface area contributed by atoms with Gasteiger partial charge in [0.2, 0.25) is 5.88 Å². The molecule has 1 heterocycles. The SMILES string of the molecule is CCOC(=O)C1=C(NC(=O)COc2ccc(C)cc2C)Oc2ccc3ccccc3c2C1c1ccccc1. The molecule has 1 N–H and O–H groups in total. The Morgan fingerprint density at radius 1 is 0.921 bits per heavy atom. The minimum Gasteiger partial charge on any atom is -0.483 e. The highest BCUT2D eigenvalue weighted by atomic mass is 16.5. The summed E-state index contributed by atoms with van der Waals surface area (Å²) in [6.45, 7) is 5.62. The van der Waals surface area contributed by atoms with Crippen molar-refractivity contribution in [1.82, 2.24) is 5.32 Å². The zero-order valence-corrected chi connectivity index (χ0v) is 21.6. The van der Waals surface area contributed by atoms with E-state index in [1.165, 1.54) is 0 Å². The molecule has 1 aliphatic heterocycles. The van der Waals surface area contributed by atoms with Crippen LogP contribution >= 0.6 is 0 Å². The molecular formula is C32H29NO5. The van der Waals surface area contributed by atoms with E-state index in [0.29, 0.717) is 11.5 Å². The van der Waals surface area contributed by atoms with Crippen molar-refractivity contribution in [3.8, 4) is 11.5 Å². The first-order chi connectivity index (χ1) is 18.5. The summed E-state index contributed by atoms with van der Waals surface area (Å²) < 4.78 is 17.5. The fourth-order valence-corrected chi connectivity index (χ4v) is 4.86. The highest BCUT2D eigenvalue weighted by molar-refractivity contribution is 5.98. The van der Waals surface area contributed by atoms with Crippen molar-refractivity contribution in [2.75, 3.05) is 13.2 Å². The molecule has 0 radical (unpaired) electrons. The number of benzene rings is 4. The van der Waals surface area contributed by atoms with Crippen LogP contribution in [0.4, 0.5) is 0 Å². The number of amides is 1. The quantitative estimate of drug-likeness (QED) is 0.313. The van der Waals surface area contributed by atoms with Gasteiger partial charge in [-0.15, -0.1) is 0 Å². The third kappa shape index (κ3) is 4.98. The van der Waals surface area contributed by atoms with Gasteiger partial charge in [-0.2, -0.15) is 0 Å². The summed E-state index contributed by atoms with van der Waals surface area (Å²) >= 11 is 0. The number of aryl methyl sites for hydroxylation is 2. The zero-order chi connectivity index (χ0) is 26.6. The molecule has 6 nitrogen and oxygen atoms in total. The summed E-state index contributed by atoms with van der Waals surface area (Å²) in [5, 5.41) is 4.77. The van der Waals surface area contributed by atoms with Crippen molar-refractivity contribution < 1.29 is 23.8 Å². The van der Waals surface area contributed by atoms with Gasteiger partial charge in [-0.1, -0.05) is 78.4 Å². The molecule has 4 aromatic rings. The highest BCUT2D eigenvalue weighted by Crippen LogP contribution is 2.46. The fourth-order valence-electron chi connectivity index (χ4n) is 4.86. The molecule has 0 aromatic heterocycles. The first-order valence-corrected chi connectivity index (χ1v) is 12.6. The predicted octanol–water partition coefficient (Wildman–Crippen LogP) is 5.95. The van der Waals surface area contributed by atoms with Gasteiger partial charge in [-0.25, -0.2) is 4.79 Å². The fraction of sp³-hybridized carbons (Fsp3) is 0.188. The zero-order valence-electron chi connectivity index (χ0n) is 21.6. The van der Waals surface area contributed by atoms with Gasteiger partial charge in [0.1, 0.15) is 17.1 Å². The summed E-state index contributed by atoms with van der Waals surface area (Å²) in [7, 11) is 0. The van der Waals surface area contributed by atoms with Crippen LogP contribution in [0.5, 0.6) is 11.5 Å². The summed E-state index contributed by atoms with van der Waals surface area (Å²) in [6.07, 6.45) is 0. The van der Waals surface area contributed by atoms with E-state index in [4.69, 9.17) is 14.2 Å². The van der Waals surface area contributed by atoms with Gasteiger partial charge in [0.15, 0.2) is 6.61 Å². The molecule has 6 heteroatoms. The summed E-state index contributed by atoms with van der Waals surface area (Å²) in [6, 6.07) is 27.3. The third-order valence-electron chi connectivity index (χ3n) is 6.54. The number of carbonyl (C=O) groups excluding carboxylic acids is 2. The van der Waals surface area contributed by atoms with E-state index < -0.39 is 17.8 Å². The maximum atomic E-state index is 13.4. The Morgan fingerprint density at radius 3 is 2.45 bits per heavy atom. The Balaban J connectivity index is 1.57. The van der Waals surface area contributed by atoms with Crippen LogP contribution in [-0.2, 0) is 14.3 Å². The van der Waals surface area contributed by atoms with Gasteiger partial charge >= 0.3 is 5.97 Å². The second-order valence-electron chi connectivity index (χ2n) is 9.21. The lowest BCUT2D eigenvalue weighted by atomic mass is 9.80. The molecule has 38 heavy (non-hydrogen) atoms. The molecular weight excluding hydrogens is 478 g/mol. The van der Waals surface area contributed by atoms with Gasteiger partial charge in [0.05, 0.1) is 12.5 Å². The second-order valence-corrected chi connectivity index (χ2v) is 9.21. The van der Waals surface area contributed by atoms with Crippen LogP contribution in [0.3, 0.4) is 0 Å². The first-order valence-electron chi connectivity index (χ1n) is 12.6. The molecule has 0 bridgehead atoms. The lowest BCUT2D eigenvalue weighted by Gasteiger charge is -2.31. The molecule has 1 unspecified atom stereocenters. The van der Waals surface area contributed by atoms with E-state index in [2.05, 4.69) is 5.32 Å². The minimum atomic E-state index is -0.550. The van der Waals surface area contributed by atoms with E-state index in [-0.39, 0.29) is 24.7 Å². The number of nitrogens with one attached hydrogen (secondary N) is 1. The molecule has 192 valence electrons. The summed E-state index contributed by atoms with van der Waals surface area (Å²) in [4.78, 5) is 26.5. The average Bonchev–Trinajstić information content (AvgIpc) is 2.92. The molecule has 1 aliphatic rings. The Morgan fingerprint density at radius 2 is 1.68 bits per heavy atom. The molecule has 0 fully saturated rings. The van der Waals surface area contributed by atoms with Gasteiger partial charge in [-0.3, -0.25) is 10.1 Å². The molecule has 1 amide bonds. The van der Waals surface area contributed by atoms with Crippen molar-refractivity contribution in [2.24, 2.45) is 0 Å². The van der Waals surface area contributed by atoms with E-state index in [1.807, 2.05) is 98.8 Å². The summed E-state index contributed by atoms with van der Waals surface area (Å²) in [5.74, 6) is -0.275. The third-order valence-corrected chi connectivity index (χ3v) is 6.54. The van der Waals surface area contributed by atoms with Crippen LogP contribution < -0.4 is 14.8 Å². The first kappa shape index (κ1) is 25.1. The van der Waals surface area contributed by atoms with Gasteiger partial charge < -0.3 is 14.2 Å². The van der Waals surface area contributed by atoms with Crippen LogP contribution in [0.25, 0.3) is 10.8 Å². The van der Waals surface area contributed by atoms with E-state index in [0.717, 1.165) is 33.0 Å². The molecule has 1 atom stereocenters. The second kappa shape index (κ2) is 10.8. The minimum absolute atomic E-state index is 0.0503. The Labute approximate surface area is 221 Å². The molecule has 0 saturated carbocycles. The lowest BCUT2D eigenvalue weighted by molar-refractivity contribution is -0.139. The average molecular weight is 508 g/mol. The van der Waals surface area contributed by atoms with Crippen molar-refractivity contribution in [1.29, 1.82) is 0 Å². The largest absolute Gasteiger partial charge is 0.483 e. The highest BCUT2D eigenvalue weighted by Gasteiger charge is 2.38. The van der Waals surface area contributed by atoms with Crippen LogP contribution in [0, 0.1) is 13.8 Å². The lowest BCUT2D eigenvalue weighted by Crippen LogP contribution is -2.36. The van der Waals surface area contributed by atoms with Crippen LogP contribution in [0.15, 0.2) is 96.4 Å². The monoisotopic (exact) mass is 507 g/mol. The number of fused-ring (bicyclic) bond motifs is 3. The number of ether oxygens (including phenoxy) is 3. The maximum Gasteiger partial charge on any atom is 0.340 e. The standard InChI is InChI=1S/C32H29NO5/c1-4-36-32(35)30-28(23-11-6-5-7-12-23)29-24-13-9-8-10-22(24)15-17-26(29)38-31(30)33-27(34)19-37-25-16-14-20(2)18-21(25)3/h5-18,28H,4,19H2,1-3H3,(H,33,34). The number of rotatable bonds is 7. The number of hydrogen-bond acceptors (Lipinski definition) is 5. The van der Waals surface area contributed by atoms with Crippen LogP contribution in [-0.4, -0.2) is 25.1 Å². The van der Waals surface area contributed by atoms with E-state index in [1.54, 1.807) is 6.92 Å². The van der Waals surface area contributed by atoms with Gasteiger partial charge in [0.25, 0.3) is 5.91 Å². The molecule has 0 spiro atoms. The predicted molar refractivity (Wildman–Crippen MR) is 146 cm³/mol. The van der Waals surface area contributed by atoms with Crippen LogP contribution in [0.1, 0.15) is 35.1 Å². The molecule has 4 aromatic carbocycles. The molecule has 0 saturated heterocycles. The number of carbonyl (C=O) groups is 2. The van der Waals surface area contributed by atoms with Crippen molar-refractivity contribution in [2.45, 2.75) is 26.7 Å². The molecule has 0 aliphatic carbocycles. The maximum absolute atomic E-state index is 13.4. The Bertz CT molecular complexity index is 1540. The van der Waals surface area contributed by atoms with Gasteiger partial charge in [0, 0.05) is 5.56 Å².